The molecular formula is C17H24N2OS. The molecule has 0 aliphatic rings. The third-order valence-corrected chi connectivity index (χ3v) is 4.71. The molecule has 0 aliphatic heterocycles. The molecule has 0 saturated carbocycles. The standard InChI is InChI=1S/C17H24N2OS/c1-5-12(3)18-11-16-13(4)19-17(21-16)14-8-7-9-15(10-14)20-6-2/h7-10,12,18H,5-6,11H2,1-4H3. The van der Waals surface area contributed by atoms with Gasteiger partial charge >= 0.3 is 0 Å². The van der Waals surface area contributed by atoms with Crippen molar-refractivity contribution in [2.24, 2.45) is 0 Å². The van der Waals surface area contributed by atoms with Crippen LogP contribution in [0.2, 0.25) is 0 Å². The van der Waals surface area contributed by atoms with Crippen molar-refractivity contribution in [2.45, 2.75) is 46.7 Å². The van der Waals surface area contributed by atoms with Crippen LogP contribution < -0.4 is 10.1 Å². The summed E-state index contributed by atoms with van der Waals surface area (Å²) in [5.74, 6) is 0.905. The highest BCUT2D eigenvalue weighted by molar-refractivity contribution is 7.15. The van der Waals surface area contributed by atoms with Gasteiger partial charge in [0.2, 0.25) is 0 Å². The number of ether oxygens (including phenoxy) is 1. The molecule has 2 rings (SSSR count). The maximum absolute atomic E-state index is 5.56. The van der Waals surface area contributed by atoms with Crippen molar-refractivity contribution >= 4 is 11.3 Å². The second kappa shape index (κ2) is 7.57. The van der Waals surface area contributed by atoms with E-state index in [1.165, 1.54) is 4.88 Å². The Balaban J connectivity index is 2.15. The summed E-state index contributed by atoms with van der Waals surface area (Å²) in [4.78, 5) is 6.02. The van der Waals surface area contributed by atoms with Gasteiger partial charge in [-0.2, -0.15) is 0 Å². The Morgan fingerprint density at radius 2 is 2.14 bits per heavy atom. The molecule has 1 aromatic carbocycles. The SMILES string of the molecule is CCOc1cccc(-c2nc(C)c(CNC(C)CC)s2)c1. The minimum absolute atomic E-state index is 0.538. The van der Waals surface area contributed by atoms with Gasteiger partial charge in [0.15, 0.2) is 0 Å². The normalized spacial score (nSPS) is 12.4. The smallest absolute Gasteiger partial charge is 0.124 e. The molecule has 0 aliphatic carbocycles. The molecule has 21 heavy (non-hydrogen) atoms. The van der Waals surface area contributed by atoms with Crippen molar-refractivity contribution < 1.29 is 4.74 Å². The van der Waals surface area contributed by atoms with Gasteiger partial charge < -0.3 is 10.1 Å². The van der Waals surface area contributed by atoms with E-state index in [2.05, 4.69) is 38.2 Å². The Kier molecular flexibility index (Phi) is 5.76. The zero-order valence-electron chi connectivity index (χ0n) is 13.3. The second-order valence-electron chi connectivity index (χ2n) is 5.18. The quantitative estimate of drug-likeness (QED) is 0.823. The molecule has 0 fully saturated rings. The first-order chi connectivity index (χ1) is 10.1. The van der Waals surface area contributed by atoms with Crippen LogP contribution in [0.3, 0.4) is 0 Å². The summed E-state index contributed by atoms with van der Waals surface area (Å²) >= 11 is 1.76. The van der Waals surface area contributed by atoms with Crippen LogP contribution in [0.5, 0.6) is 5.75 Å². The number of hydrogen-bond donors (Lipinski definition) is 1. The average molecular weight is 304 g/mol. The molecule has 1 unspecified atom stereocenters. The molecule has 3 nitrogen and oxygen atoms in total. The highest BCUT2D eigenvalue weighted by Gasteiger charge is 2.10. The van der Waals surface area contributed by atoms with E-state index in [1.54, 1.807) is 11.3 Å². The van der Waals surface area contributed by atoms with E-state index < -0.39 is 0 Å². The van der Waals surface area contributed by atoms with Crippen LogP contribution in [0.4, 0.5) is 0 Å². The van der Waals surface area contributed by atoms with Gasteiger partial charge in [0, 0.05) is 23.0 Å². The summed E-state index contributed by atoms with van der Waals surface area (Å²) in [7, 11) is 0. The minimum atomic E-state index is 0.538. The number of aryl methyl sites for hydroxylation is 1. The first-order valence-electron chi connectivity index (χ1n) is 7.57. The molecule has 0 bridgehead atoms. The summed E-state index contributed by atoms with van der Waals surface area (Å²) in [6, 6.07) is 8.70. The van der Waals surface area contributed by atoms with E-state index in [0.717, 1.165) is 35.0 Å². The van der Waals surface area contributed by atoms with Crippen molar-refractivity contribution in [3.8, 4) is 16.3 Å². The van der Waals surface area contributed by atoms with Gasteiger partial charge in [0.25, 0.3) is 0 Å². The lowest BCUT2D eigenvalue weighted by Crippen LogP contribution is -2.24. The largest absolute Gasteiger partial charge is 0.494 e. The molecule has 2 aromatic rings. The predicted molar refractivity (Wildman–Crippen MR) is 90.0 cm³/mol. The molecule has 4 heteroatoms. The molecule has 0 spiro atoms. The molecule has 1 atom stereocenters. The first-order valence-corrected chi connectivity index (χ1v) is 8.38. The third kappa shape index (κ3) is 4.29. The number of rotatable bonds is 7. The molecule has 0 radical (unpaired) electrons. The average Bonchev–Trinajstić information content (AvgIpc) is 2.86. The predicted octanol–water partition coefficient (Wildman–Crippen LogP) is 4.41. The maximum Gasteiger partial charge on any atom is 0.124 e. The molecular weight excluding hydrogens is 280 g/mol. The Bertz CT molecular complexity index is 580. The Labute approximate surface area is 131 Å². The Morgan fingerprint density at radius 3 is 2.86 bits per heavy atom. The molecule has 1 N–H and O–H groups in total. The fourth-order valence-electron chi connectivity index (χ4n) is 2.01. The van der Waals surface area contributed by atoms with Crippen LogP contribution in [0.15, 0.2) is 24.3 Å². The molecule has 0 saturated heterocycles. The van der Waals surface area contributed by atoms with Crippen molar-refractivity contribution in [2.75, 3.05) is 6.61 Å². The highest BCUT2D eigenvalue weighted by atomic mass is 32.1. The van der Waals surface area contributed by atoms with Gasteiger partial charge in [-0.25, -0.2) is 4.98 Å². The van der Waals surface area contributed by atoms with Gasteiger partial charge in [-0.05, 0) is 39.3 Å². The topological polar surface area (TPSA) is 34.1 Å². The van der Waals surface area contributed by atoms with Crippen molar-refractivity contribution in [3.63, 3.8) is 0 Å². The number of nitrogens with one attached hydrogen (secondary N) is 1. The van der Waals surface area contributed by atoms with Crippen molar-refractivity contribution in [3.05, 3.63) is 34.8 Å². The number of thiazole rings is 1. The van der Waals surface area contributed by atoms with Gasteiger partial charge in [0.05, 0.1) is 12.3 Å². The van der Waals surface area contributed by atoms with Crippen LogP contribution >= 0.6 is 11.3 Å². The van der Waals surface area contributed by atoms with Crippen LogP contribution in [0.25, 0.3) is 10.6 Å². The minimum Gasteiger partial charge on any atom is -0.494 e. The van der Waals surface area contributed by atoms with E-state index in [0.29, 0.717) is 12.6 Å². The van der Waals surface area contributed by atoms with Gasteiger partial charge in [-0.1, -0.05) is 19.1 Å². The number of hydrogen-bond acceptors (Lipinski definition) is 4. The summed E-state index contributed by atoms with van der Waals surface area (Å²) in [5.41, 5.74) is 2.25. The van der Waals surface area contributed by atoms with Crippen LogP contribution in [0, 0.1) is 6.92 Å². The van der Waals surface area contributed by atoms with E-state index >= 15 is 0 Å². The lowest BCUT2D eigenvalue weighted by Gasteiger charge is -2.09. The van der Waals surface area contributed by atoms with Crippen LogP contribution in [-0.2, 0) is 6.54 Å². The summed E-state index contributed by atoms with van der Waals surface area (Å²) in [6.45, 7) is 10.1. The van der Waals surface area contributed by atoms with E-state index in [-0.39, 0.29) is 0 Å². The first kappa shape index (κ1) is 16.0. The van der Waals surface area contributed by atoms with Gasteiger partial charge in [-0.3, -0.25) is 0 Å². The van der Waals surface area contributed by atoms with E-state index in [1.807, 2.05) is 19.1 Å². The number of aromatic nitrogens is 1. The third-order valence-electron chi connectivity index (χ3n) is 3.51. The molecule has 1 aromatic heterocycles. The zero-order chi connectivity index (χ0) is 15.2. The second-order valence-corrected chi connectivity index (χ2v) is 6.26. The molecule has 114 valence electrons. The van der Waals surface area contributed by atoms with E-state index in [9.17, 15) is 0 Å². The Hall–Kier alpha value is -1.39. The van der Waals surface area contributed by atoms with Crippen LogP contribution in [-0.4, -0.2) is 17.6 Å². The van der Waals surface area contributed by atoms with Crippen molar-refractivity contribution in [1.29, 1.82) is 0 Å². The highest BCUT2D eigenvalue weighted by Crippen LogP contribution is 2.30. The summed E-state index contributed by atoms with van der Waals surface area (Å²) in [5, 5.41) is 4.60. The fourth-order valence-corrected chi connectivity index (χ4v) is 3.02. The lowest BCUT2D eigenvalue weighted by molar-refractivity contribution is 0.340. The monoisotopic (exact) mass is 304 g/mol. The number of benzene rings is 1. The van der Waals surface area contributed by atoms with Gasteiger partial charge in [0.1, 0.15) is 10.8 Å². The summed E-state index contributed by atoms with van der Waals surface area (Å²) in [6.07, 6.45) is 1.14. The lowest BCUT2D eigenvalue weighted by atomic mass is 10.2. The zero-order valence-corrected chi connectivity index (χ0v) is 14.1. The van der Waals surface area contributed by atoms with Gasteiger partial charge in [-0.15, -0.1) is 11.3 Å². The Morgan fingerprint density at radius 1 is 1.33 bits per heavy atom. The fraction of sp³-hybridized carbons (Fsp3) is 0.471. The maximum atomic E-state index is 5.56. The molecule has 1 heterocycles. The van der Waals surface area contributed by atoms with E-state index in [4.69, 9.17) is 9.72 Å². The summed E-state index contributed by atoms with van der Waals surface area (Å²) < 4.78 is 5.56. The molecule has 0 amide bonds. The van der Waals surface area contributed by atoms with Crippen molar-refractivity contribution in [1.82, 2.24) is 10.3 Å². The van der Waals surface area contributed by atoms with Crippen LogP contribution in [0.1, 0.15) is 37.8 Å². The number of nitrogens with zero attached hydrogens (tertiary/aromatic N) is 1.